The molecule has 5 nitrogen and oxygen atoms in total. The smallest absolute Gasteiger partial charge is 0.244 e. The summed E-state index contributed by atoms with van der Waals surface area (Å²) in [6, 6.07) is 1.59. The van der Waals surface area contributed by atoms with Crippen molar-refractivity contribution in [3.05, 3.63) is 18.0 Å². The molecular formula is C11H21N3O2S. The van der Waals surface area contributed by atoms with Gasteiger partial charge in [0.05, 0.1) is 0 Å². The van der Waals surface area contributed by atoms with Crippen LogP contribution >= 0.6 is 0 Å². The molecule has 1 aromatic heterocycles. The second-order valence-electron chi connectivity index (χ2n) is 4.28. The molecule has 0 spiro atoms. The Morgan fingerprint density at radius 2 is 2.06 bits per heavy atom. The van der Waals surface area contributed by atoms with E-state index in [4.69, 9.17) is 5.73 Å². The van der Waals surface area contributed by atoms with E-state index >= 15 is 0 Å². The van der Waals surface area contributed by atoms with E-state index in [1.807, 2.05) is 20.8 Å². The van der Waals surface area contributed by atoms with Crippen LogP contribution in [0.3, 0.4) is 0 Å². The number of aromatic nitrogens is 1. The molecule has 1 rings (SSSR count). The molecule has 6 heteroatoms. The Morgan fingerprint density at radius 1 is 1.47 bits per heavy atom. The lowest BCUT2D eigenvalue weighted by molar-refractivity contribution is 0.369. The second-order valence-corrected chi connectivity index (χ2v) is 6.17. The molecule has 17 heavy (non-hydrogen) atoms. The highest BCUT2D eigenvalue weighted by atomic mass is 32.2. The third-order valence-corrected chi connectivity index (χ3v) is 4.90. The summed E-state index contributed by atoms with van der Waals surface area (Å²) in [5.41, 5.74) is 6.36. The highest BCUT2D eigenvalue weighted by molar-refractivity contribution is 7.89. The van der Waals surface area contributed by atoms with Crippen molar-refractivity contribution >= 4 is 10.0 Å². The lowest BCUT2D eigenvalue weighted by Gasteiger charge is -2.23. The molecule has 0 aliphatic heterocycles. The number of hydrogen-bond acceptors (Lipinski definition) is 3. The van der Waals surface area contributed by atoms with Crippen molar-refractivity contribution in [1.82, 2.24) is 8.87 Å². The van der Waals surface area contributed by atoms with E-state index in [-0.39, 0.29) is 6.04 Å². The summed E-state index contributed by atoms with van der Waals surface area (Å²) in [6.45, 7) is 6.37. The molecule has 1 heterocycles. The molecule has 98 valence electrons. The van der Waals surface area contributed by atoms with Gasteiger partial charge in [-0.05, 0) is 19.9 Å². The average Bonchev–Trinajstić information content (AvgIpc) is 2.60. The van der Waals surface area contributed by atoms with Gasteiger partial charge in [0.25, 0.3) is 0 Å². The summed E-state index contributed by atoms with van der Waals surface area (Å²) in [7, 11) is -1.61. The Morgan fingerprint density at radius 3 is 2.41 bits per heavy atom. The van der Waals surface area contributed by atoms with Gasteiger partial charge in [-0.1, -0.05) is 6.92 Å². The third kappa shape index (κ3) is 2.70. The fraction of sp³-hybridized carbons (Fsp3) is 0.636. The quantitative estimate of drug-likeness (QED) is 0.854. The van der Waals surface area contributed by atoms with Gasteiger partial charge in [-0.15, -0.1) is 0 Å². The van der Waals surface area contributed by atoms with Crippen LogP contribution in [0.1, 0.15) is 26.5 Å². The second kappa shape index (κ2) is 5.20. The molecule has 0 saturated heterocycles. The van der Waals surface area contributed by atoms with E-state index in [9.17, 15) is 8.42 Å². The summed E-state index contributed by atoms with van der Waals surface area (Å²) < 4.78 is 27.9. The van der Waals surface area contributed by atoms with E-state index in [1.165, 1.54) is 4.31 Å². The molecular weight excluding hydrogens is 238 g/mol. The number of aryl methyl sites for hydroxylation is 1. The largest absolute Gasteiger partial charge is 0.352 e. The maximum absolute atomic E-state index is 12.4. The summed E-state index contributed by atoms with van der Waals surface area (Å²) in [5.74, 6) is 0. The minimum absolute atomic E-state index is 0.0495. The first-order valence-corrected chi connectivity index (χ1v) is 7.15. The Balaban J connectivity index is 3.20. The van der Waals surface area contributed by atoms with Gasteiger partial charge in [-0.3, -0.25) is 0 Å². The van der Waals surface area contributed by atoms with Crippen LogP contribution < -0.4 is 5.73 Å². The zero-order chi connectivity index (χ0) is 13.2. The van der Waals surface area contributed by atoms with Crippen molar-refractivity contribution < 1.29 is 8.42 Å². The van der Waals surface area contributed by atoms with Gasteiger partial charge in [-0.2, -0.15) is 4.31 Å². The summed E-state index contributed by atoms with van der Waals surface area (Å²) in [6.07, 6.45) is 1.61. The standard InChI is InChI=1S/C11H21N3O2S/c1-5-14(9(2)3)17(15,16)11-6-10(7-12)13(4)8-11/h6,8-9H,5,7,12H2,1-4H3. The summed E-state index contributed by atoms with van der Waals surface area (Å²) in [4.78, 5) is 0.316. The number of nitrogens with two attached hydrogens (primary N) is 1. The Labute approximate surface area is 103 Å². The topological polar surface area (TPSA) is 68.3 Å². The first-order valence-electron chi connectivity index (χ1n) is 5.71. The van der Waals surface area contributed by atoms with Crippen LogP contribution in [-0.4, -0.2) is 29.9 Å². The van der Waals surface area contributed by atoms with Gasteiger partial charge in [0.2, 0.25) is 10.0 Å². The van der Waals surface area contributed by atoms with Crippen LogP contribution in [0.5, 0.6) is 0 Å². The first-order chi connectivity index (χ1) is 7.84. The van der Waals surface area contributed by atoms with Crippen molar-refractivity contribution in [2.75, 3.05) is 6.54 Å². The SMILES string of the molecule is CCN(C(C)C)S(=O)(=O)c1cc(CN)n(C)c1. The molecule has 0 bridgehead atoms. The molecule has 0 unspecified atom stereocenters. The fourth-order valence-corrected chi connectivity index (χ4v) is 3.61. The normalized spacial score (nSPS) is 12.6. The molecule has 0 aliphatic rings. The van der Waals surface area contributed by atoms with E-state index < -0.39 is 10.0 Å². The lowest BCUT2D eigenvalue weighted by Crippen LogP contribution is -2.36. The van der Waals surface area contributed by atoms with Crippen LogP contribution in [-0.2, 0) is 23.6 Å². The van der Waals surface area contributed by atoms with Crippen molar-refractivity contribution in [1.29, 1.82) is 0 Å². The van der Waals surface area contributed by atoms with Gasteiger partial charge < -0.3 is 10.3 Å². The summed E-state index contributed by atoms with van der Waals surface area (Å²) in [5, 5.41) is 0. The Kier molecular flexibility index (Phi) is 4.35. The van der Waals surface area contributed by atoms with E-state index in [0.29, 0.717) is 18.0 Å². The monoisotopic (exact) mass is 259 g/mol. The summed E-state index contributed by atoms with van der Waals surface area (Å²) >= 11 is 0. The Bertz CT molecular complexity index is 477. The van der Waals surface area contributed by atoms with Gasteiger partial charge in [0.15, 0.2) is 0 Å². The van der Waals surface area contributed by atoms with Gasteiger partial charge in [0.1, 0.15) is 4.90 Å². The molecule has 0 saturated carbocycles. The predicted molar refractivity (Wildman–Crippen MR) is 68.0 cm³/mol. The minimum Gasteiger partial charge on any atom is -0.352 e. The van der Waals surface area contributed by atoms with Crippen molar-refractivity contribution in [3.63, 3.8) is 0 Å². The molecule has 1 aromatic rings. The molecule has 0 fully saturated rings. The first kappa shape index (κ1) is 14.2. The van der Waals surface area contributed by atoms with Crippen molar-refractivity contribution in [2.45, 2.75) is 38.3 Å². The lowest BCUT2D eigenvalue weighted by atomic mass is 10.4. The number of rotatable bonds is 5. The van der Waals surface area contributed by atoms with Gasteiger partial charge in [-0.25, -0.2) is 8.42 Å². The molecule has 0 amide bonds. The molecule has 0 aliphatic carbocycles. The number of hydrogen-bond donors (Lipinski definition) is 1. The van der Waals surface area contributed by atoms with Crippen molar-refractivity contribution in [2.24, 2.45) is 12.8 Å². The zero-order valence-electron chi connectivity index (χ0n) is 10.8. The highest BCUT2D eigenvalue weighted by Crippen LogP contribution is 2.20. The fourth-order valence-electron chi connectivity index (χ4n) is 1.87. The maximum Gasteiger partial charge on any atom is 0.244 e. The van der Waals surface area contributed by atoms with E-state index in [2.05, 4.69) is 0 Å². The molecule has 0 aromatic carbocycles. The van der Waals surface area contributed by atoms with Gasteiger partial charge >= 0.3 is 0 Å². The third-order valence-electron chi connectivity index (χ3n) is 2.79. The van der Waals surface area contributed by atoms with Gasteiger partial charge in [0, 0.05) is 38.1 Å². The number of sulfonamides is 1. The van der Waals surface area contributed by atoms with Crippen LogP contribution in [0.2, 0.25) is 0 Å². The van der Waals surface area contributed by atoms with Crippen LogP contribution in [0, 0.1) is 0 Å². The maximum atomic E-state index is 12.4. The molecule has 0 radical (unpaired) electrons. The zero-order valence-corrected chi connectivity index (χ0v) is 11.7. The van der Waals surface area contributed by atoms with Crippen LogP contribution in [0.15, 0.2) is 17.2 Å². The van der Waals surface area contributed by atoms with Crippen LogP contribution in [0.25, 0.3) is 0 Å². The Hall–Kier alpha value is -0.850. The molecule has 0 atom stereocenters. The van der Waals surface area contributed by atoms with Crippen molar-refractivity contribution in [3.8, 4) is 0 Å². The minimum atomic E-state index is -3.41. The predicted octanol–water partition coefficient (Wildman–Crippen LogP) is 0.903. The molecule has 2 N–H and O–H groups in total. The average molecular weight is 259 g/mol. The van der Waals surface area contributed by atoms with Crippen LogP contribution in [0.4, 0.5) is 0 Å². The van der Waals surface area contributed by atoms with E-state index in [1.54, 1.807) is 23.9 Å². The number of nitrogens with zero attached hydrogens (tertiary/aromatic N) is 2. The van der Waals surface area contributed by atoms with E-state index in [0.717, 1.165) is 5.69 Å². The highest BCUT2D eigenvalue weighted by Gasteiger charge is 2.26.